The number of amides is 1. The van der Waals surface area contributed by atoms with E-state index in [9.17, 15) is 13.2 Å². The van der Waals surface area contributed by atoms with Gasteiger partial charge in [0.2, 0.25) is 0 Å². The van der Waals surface area contributed by atoms with Crippen LogP contribution >= 0.6 is 0 Å². The minimum Gasteiger partial charge on any atom is -1.00 e. The SMILES string of the molecule is CC(C)(CS(=O)(=O)O)NC(=O)OCc1ccccc1.[H-].[Na+]. The number of hydrogen-bond donors (Lipinski definition) is 2. The van der Waals surface area contributed by atoms with Crippen LogP contribution in [0, 0.1) is 0 Å². The molecule has 0 radical (unpaired) electrons. The Balaban J connectivity index is 0. The molecule has 0 heterocycles. The molecule has 0 bridgehead atoms. The number of hydrogen-bond acceptors (Lipinski definition) is 4. The van der Waals surface area contributed by atoms with Crippen LogP contribution in [-0.2, 0) is 21.5 Å². The smallest absolute Gasteiger partial charge is 1.00 e. The Labute approximate surface area is 142 Å². The van der Waals surface area contributed by atoms with Crippen molar-refractivity contribution in [3.8, 4) is 0 Å². The van der Waals surface area contributed by atoms with Crippen LogP contribution in [0.4, 0.5) is 4.79 Å². The van der Waals surface area contributed by atoms with Crippen LogP contribution in [0.5, 0.6) is 0 Å². The zero-order valence-corrected chi connectivity index (χ0v) is 14.6. The third-order valence-electron chi connectivity index (χ3n) is 2.20. The first kappa shape index (κ1) is 19.4. The first-order valence-corrected chi connectivity index (χ1v) is 7.23. The van der Waals surface area contributed by atoms with Crippen molar-refractivity contribution in [3.05, 3.63) is 35.9 Å². The molecule has 8 heteroatoms. The van der Waals surface area contributed by atoms with Gasteiger partial charge in [0, 0.05) is 0 Å². The fourth-order valence-corrected chi connectivity index (χ4v) is 2.51. The van der Waals surface area contributed by atoms with E-state index in [1.54, 1.807) is 12.1 Å². The van der Waals surface area contributed by atoms with Crippen molar-refractivity contribution in [1.82, 2.24) is 5.32 Å². The molecule has 2 N–H and O–H groups in total. The number of carbonyl (C=O) groups excluding carboxylic acids is 1. The molecule has 0 atom stereocenters. The van der Waals surface area contributed by atoms with Gasteiger partial charge in [-0.3, -0.25) is 4.55 Å². The van der Waals surface area contributed by atoms with E-state index in [1.165, 1.54) is 13.8 Å². The van der Waals surface area contributed by atoms with Crippen molar-refractivity contribution in [1.29, 1.82) is 0 Å². The van der Waals surface area contributed by atoms with Crippen LogP contribution in [0.25, 0.3) is 0 Å². The monoisotopic (exact) mass is 311 g/mol. The summed E-state index contributed by atoms with van der Waals surface area (Å²) in [5.41, 5.74) is -0.285. The summed E-state index contributed by atoms with van der Waals surface area (Å²) in [5.74, 6) is -0.583. The fraction of sp³-hybridized carbons (Fsp3) is 0.417. The van der Waals surface area contributed by atoms with Gasteiger partial charge in [-0.1, -0.05) is 30.3 Å². The minimum absolute atomic E-state index is 0. The Bertz CT molecular complexity index is 536. The van der Waals surface area contributed by atoms with Crippen molar-refractivity contribution in [2.75, 3.05) is 5.75 Å². The summed E-state index contributed by atoms with van der Waals surface area (Å²) in [5, 5.41) is 2.38. The normalized spacial score (nSPS) is 11.3. The Hall–Kier alpha value is -0.600. The van der Waals surface area contributed by atoms with Crippen molar-refractivity contribution in [3.63, 3.8) is 0 Å². The maximum atomic E-state index is 11.5. The van der Waals surface area contributed by atoms with Gasteiger partial charge in [-0.2, -0.15) is 8.42 Å². The maximum absolute atomic E-state index is 11.5. The summed E-state index contributed by atoms with van der Waals surface area (Å²) in [6, 6.07) is 9.09. The molecule has 1 amide bonds. The van der Waals surface area contributed by atoms with Gasteiger partial charge in [0.25, 0.3) is 10.1 Å². The molecular formula is C12H18NNaO5S. The Morgan fingerprint density at radius 3 is 2.40 bits per heavy atom. The van der Waals surface area contributed by atoms with Gasteiger partial charge < -0.3 is 11.5 Å². The van der Waals surface area contributed by atoms with E-state index >= 15 is 0 Å². The standard InChI is InChI=1S/C12H17NO5S.Na.H/c1-12(2,9-19(15,16)17)13-11(14)18-8-10-6-4-3-5-7-10;;/h3-7H,8-9H2,1-2H3,(H,13,14)(H,15,16,17);;/q;+1;-1. The van der Waals surface area contributed by atoms with E-state index in [-0.39, 0.29) is 37.6 Å². The van der Waals surface area contributed by atoms with Crippen molar-refractivity contribution >= 4 is 16.2 Å². The van der Waals surface area contributed by atoms with Crippen LogP contribution in [0.1, 0.15) is 20.8 Å². The van der Waals surface area contributed by atoms with E-state index in [1.807, 2.05) is 18.2 Å². The summed E-state index contributed by atoms with van der Waals surface area (Å²) < 4.78 is 35.2. The Morgan fingerprint density at radius 1 is 1.35 bits per heavy atom. The predicted octanol–water partition coefficient (Wildman–Crippen LogP) is -1.30. The molecule has 0 unspecified atom stereocenters. The molecule has 0 aromatic heterocycles. The van der Waals surface area contributed by atoms with E-state index in [0.29, 0.717) is 0 Å². The van der Waals surface area contributed by atoms with Gasteiger partial charge in [-0.05, 0) is 19.4 Å². The molecular weight excluding hydrogens is 293 g/mol. The average molecular weight is 311 g/mol. The van der Waals surface area contributed by atoms with Crippen LogP contribution in [-0.4, -0.2) is 30.4 Å². The van der Waals surface area contributed by atoms with E-state index in [0.717, 1.165) is 5.56 Å². The zero-order valence-electron chi connectivity index (χ0n) is 12.8. The number of alkyl carbamates (subject to hydrolysis) is 1. The van der Waals surface area contributed by atoms with Crippen molar-refractivity contribution in [2.24, 2.45) is 0 Å². The number of benzene rings is 1. The quantitative estimate of drug-likeness (QED) is 0.521. The second kappa shape index (κ2) is 7.99. The van der Waals surface area contributed by atoms with Gasteiger partial charge >= 0.3 is 35.7 Å². The summed E-state index contributed by atoms with van der Waals surface area (Å²) >= 11 is 0. The molecule has 0 aliphatic heterocycles. The molecule has 0 aliphatic rings. The second-order valence-electron chi connectivity index (χ2n) is 4.80. The van der Waals surface area contributed by atoms with Crippen LogP contribution in [0.3, 0.4) is 0 Å². The summed E-state index contributed by atoms with van der Waals surface area (Å²) in [6.07, 6.45) is -0.738. The van der Waals surface area contributed by atoms with Crippen LogP contribution < -0.4 is 34.9 Å². The molecule has 0 spiro atoms. The number of carbonyl (C=O) groups is 1. The molecule has 1 aromatic rings. The fourth-order valence-electron chi connectivity index (χ4n) is 1.53. The van der Waals surface area contributed by atoms with E-state index < -0.39 is 27.5 Å². The number of nitrogens with one attached hydrogen (secondary N) is 1. The average Bonchev–Trinajstić information content (AvgIpc) is 2.23. The van der Waals surface area contributed by atoms with Crippen molar-refractivity contribution in [2.45, 2.75) is 26.0 Å². The topological polar surface area (TPSA) is 92.7 Å². The van der Waals surface area contributed by atoms with Crippen LogP contribution in [0.2, 0.25) is 0 Å². The maximum Gasteiger partial charge on any atom is 1.00 e. The van der Waals surface area contributed by atoms with Gasteiger partial charge in [-0.15, -0.1) is 0 Å². The second-order valence-corrected chi connectivity index (χ2v) is 6.25. The summed E-state index contributed by atoms with van der Waals surface area (Å²) in [6.45, 7) is 3.05. The Morgan fingerprint density at radius 2 is 1.90 bits per heavy atom. The van der Waals surface area contributed by atoms with Gasteiger partial charge in [-0.25, -0.2) is 4.79 Å². The molecule has 1 rings (SSSR count). The largest absolute Gasteiger partial charge is 1.00 e. The van der Waals surface area contributed by atoms with Crippen LogP contribution in [0.15, 0.2) is 30.3 Å². The minimum atomic E-state index is -4.16. The molecule has 0 saturated heterocycles. The van der Waals surface area contributed by atoms with E-state index in [2.05, 4.69) is 5.32 Å². The third kappa shape index (κ3) is 8.55. The summed E-state index contributed by atoms with van der Waals surface area (Å²) in [4.78, 5) is 11.5. The third-order valence-corrected chi connectivity index (χ3v) is 3.28. The summed E-state index contributed by atoms with van der Waals surface area (Å²) in [7, 11) is -4.16. The Kier molecular flexibility index (Phi) is 7.75. The molecule has 0 fully saturated rings. The zero-order chi connectivity index (χ0) is 14.5. The predicted molar refractivity (Wildman–Crippen MR) is 71.4 cm³/mol. The van der Waals surface area contributed by atoms with Crippen molar-refractivity contribution < 1.29 is 53.5 Å². The number of rotatable bonds is 5. The molecule has 20 heavy (non-hydrogen) atoms. The van der Waals surface area contributed by atoms with Gasteiger partial charge in [0.1, 0.15) is 6.61 Å². The molecule has 0 saturated carbocycles. The van der Waals surface area contributed by atoms with E-state index in [4.69, 9.17) is 9.29 Å². The molecule has 108 valence electrons. The first-order valence-electron chi connectivity index (χ1n) is 5.62. The molecule has 1 aromatic carbocycles. The molecule has 0 aliphatic carbocycles. The van der Waals surface area contributed by atoms with Gasteiger partial charge in [0.05, 0.1) is 11.3 Å². The first-order chi connectivity index (χ1) is 8.68. The number of ether oxygens (including phenoxy) is 1. The van der Waals surface area contributed by atoms with Gasteiger partial charge in [0.15, 0.2) is 0 Å². The molecule has 6 nitrogen and oxygen atoms in total.